The second-order valence-electron chi connectivity index (χ2n) is 8.56. The lowest BCUT2D eigenvalue weighted by Crippen LogP contribution is -2.49. The van der Waals surface area contributed by atoms with E-state index in [1.165, 1.54) is 46.8 Å². The highest BCUT2D eigenvalue weighted by Crippen LogP contribution is 2.26. The van der Waals surface area contributed by atoms with Gasteiger partial charge in [-0.05, 0) is 54.1 Å². The van der Waals surface area contributed by atoms with Gasteiger partial charge in [0.1, 0.15) is 17.6 Å². The lowest BCUT2D eigenvalue weighted by Gasteiger charge is -2.33. The molecule has 1 atom stereocenters. The number of benzene rings is 1. The quantitative estimate of drug-likeness (QED) is 0.458. The van der Waals surface area contributed by atoms with Crippen LogP contribution in [0.25, 0.3) is 0 Å². The third kappa shape index (κ3) is 6.57. The molecule has 0 radical (unpaired) electrons. The molecule has 0 aliphatic heterocycles. The predicted octanol–water partition coefficient (Wildman–Crippen LogP) is 4.43. The van der Waals surface area contributed by atoms with E-state index in [2.05, 4.69) is 10.6 Å². The van der Waals surface area contributed by atoms with Crippen molar-refractivity contribution < 1.29 is 23.2 Å². The number of hydrogen-bond acceptors (Lipinski definition) is 5. The lowest BCUT2D eigenvalue weighted by molar-refractivity contribution is -0.141. The molecule has 4 rings (SSSR count). The molecule has 2 aromatic heterocycles. The van der Waals surface area contributed by atoms with Crippen LogP contribution in [-0.2, 0) is 16.1 Å². The minimum Gasteiger partial charge on any atom is -0.467 e. The van der Waals surface area contributed by atoms with E-state index in [-0.39, 0.29) is 30.9 Å². The van der Waals surface area contributed by atoms with Gasteiger partial charge < -0.3 is 20.0 Å². The predicted molar refractivity (Wildman–Crippen MR) is 130 cm³/mol. The van der Waals surface area contributed by atoms with Crippen LogP contribution in [0, 0.1) is 5.82 Å². The van der Waals surface area contributed by atoms with Crippen LogP contribution in [0.15, 0.2) is 64.6 Å². The number of amides is 3. The standard InChI is InChI=1S/C26H28FN3O4S/c27-19-12-10-18(11-13-19)24(26(33)29-20-6-2-1-3-7-20)30(17-21-8-4-14-34-21)23(31)16-28-25(32)22-9-5-15-35-22/h4-5,8-15,20,24H,1-3,6-7,16-17H2,(H,28,32)(H,29,33)/t24-/m0/s1. The Morgan fingerprint density at radius 2 is 1.83 bits per heavy atom. The van der Waals surface area contributed by atoms with Crippen LogP contribution >= 0.6 is 11.3 Å². The lowest BCUT2D eigenvalue weighted by atomic mass is 9.94. The number of rotatable bonds is 9. The van der Waals surface area contributed by atoms with Crippen LogP contribution in [0.4, 0.5) is 4.39 Å². The summed E-state index contributed by atoms with van der Waals surface area (Å²) in [6.07, 6.45) is 6.47. The molecule has 35 heavy (non-hydrogen) atoms. The van der Waals surface area contributed by atoms with E-state index in [0.717, 1.165) is 32.1 Å². The molecule has 3 aromatic rings. The van der Waals surface area contributed by atoms with E-state index in [9.17, 15) is 18.8 Å². The van der Waals surface area contributed by atoms with Gasteiger partial charge in [-0.3, -0.25) is 14.4 Å². The molecule has 0 bridgehead atoms. The second kappa shape index (κ2) is 11.8. The van der Waals surface area contributed by atoms with Gasteiger partial charge in [-0.2, -0.15) is 0 Å². The average Bonchev–Trinajstić information content (AvgIpc) is 3.58. The molecule has 7 nitrogen and oxygen atoms in total. The Kier molecular flexibility index (Phi) is 8.31. The van der Waals surface area contributed by atoms with E-state index in [0.29, 0.717) is 16.2 Å². The summed E-state index contributed by atoms with van der Waals surface area (Å²) in [6.45, 7) is -0.285. The average molecular weight is 498 g/mol. The zero-order valence-electron chi connectivity index (χ0n) is 19.2. The van der Waals surface area contributed by atoms with Crippen LogP contribution in [0.5, 0.6) is 0 Å². The summed E-state index contributed by atoms with van der Waals surface area (Å²) in [7, 11) is 0. The molecular formula is C26H28FN3O4S. The number of carbonyl (C=O) groups excluding carboxylic acids is 3. The van der Waals surface area contributed by atoms with Crippen LogP contribution in [-0.4, -0.2) is 35.2 Å². The highest BCUT2D eigenvalue weighted by molar-refractivity contribution is 7.12. The van der Waals surface area contributed by atoms with Gasteiger partial charge in [-0.1, -0.05) is 37.5 Å². The van der Waals surface area contributed by atoms with Crippen molar-refractivity contribution in [2.45, 2.75) is 50.7 Å². The second-order valence-corrected chi connectivity index (χ2v) is 9.51. The van der Waals surface area contributed by atoms with E-state index in [1.54, 1.807) is 29.6 Å². The molecule has 0 saturated heterocycles. The van der Waals surface area contributed by atoms with Crippen molar-refractivity contribution in [2.24, 2.45) is 0 Å². The monoisotopic (exact) mass is 497 g/mol. The number of furan rings is 1. The Balaban J connectivity index is 1.60. The van der Waals surface area contributed by atoms with Gasteiger partial charge in [0.05, 0.1) is 24.2 Å². The Bertz CT molecular complexity index is 1110. The maximum Gasteiger partial charge on any atom is 0.261 e. The summed E-state index contributed by atoms with van der Waals surface area (Å²) < 4.78 is 19.2. The van der Waals surface area contributed by atoms with Crippen LogP contribution < -0.4 is 10.6 Å². The van der Waals surface area contributed by atoms with Gasteiger partial charge in [-0.15, -0.1) is 11.3 Å². The van der Waals surface area contributed by atoms with Crippen LogP contribution in [0.2, 0.25) is 0 Å². The Morgan fingerprint density at radius 3 is 2.49 bits per heavy atom. The fourth-order valence-corrected chi connectivity index (χ4v) is 4.93. The SMILES string of the molecule is O=C(NCC(=O)N(Cc1ccco1)[C@H](C(=O)NC1CCCCC1)c1ccc(F)cc1)c1cccs1. The summed E-state index contributed by atoms with van der Waals surface area (Å²) in [5.41, 5.74) is 0.476. The normalized spacial score (nSPS) is 14.8. The van der Waals surface area contributed by atoms with E-state index < -0.39 is 17.8 Å². The Labute approximate surface area is 207 Å². The largest absolute Gasteiger partial charge is 0.467 e. The number of hydrogen-bond donors (Lipinski definition) is 2. The molecule has 184 valence electrons. The van der Waals surface area contributed by atoms with Crippen molar-refractivity contribution in [2.75, 3.05) is 6.54 Å². The molecule has 2 N–H and O–H groups in total. The summed E-state index contributed by atoms with van der Waals surface area (Å²) in [5.74, 6) is -1.11. The number of nitrogens with zero attached hydrogens (tertiary/aromatic N) is 1. The number of carbonyl (C=O) groups is 3. The Hall–Kier alpha value is -3.46. The summed E-state index contributed by atoms with van der Waals surface area (Å²) in [4.78, 5) is 41.3. The summed E-state index contributed by atoms with van der Waals surface area (Å²) in [5, 5.41) is 7.51. The molecule has 1 aliphatic carbocycles. The van der Waals surface area contributed by atoms with Crippen LogP contribution in [0.3, 0.4) is 0 Å². The smallest absolute Gasteiger partial charge is 0.261 e. The Morgan fingerprint density at radius 1 is 1.06 bits per heavy atom. The van der Waals surface area contributed by atoms with E-state index in [4.69, 9.17) is 4.42 Å². The van der Waals surface area contributed by atoms with Gasteiger partial charge in [0.25, 0.3) is 5.91 Å². The zero-order chi connectivity index (χ0) is 24.6. The van der Waals surface area contributed by atoms with Gasteiger partial charge in [0.15, 0.2) is 0 Å². The van der Waals surface area contributed by atoms with Crippen molar-refractivity contribution in [3.63, 3.8) is 0 Å². The minimum atomic E-state index is -1.02. The van der Waals surface area contributed by atoms with Crippen molar-refractivity contribution in [3.05, 3.63) is 82.2 Å². The first-order valence-electron chi connectivity index (χ1n) is 11.7. The van der Waals surface area contributed by atoms with Crippen molar-refractivity contribution in [1.82, 2.24) is 15.5 Å². The third-order valence-corrected chi connectivity index (χ3v) is 6.94. The highest BCUT2D eigenvalue weighted by atomic mass is 32.1. The molecule has 1 saturated carbocycles. The highest BCUT2D eigenvalue weighted by Gasteiger charge is 2.33. The molecule has 3 amide bonds. The maximum absolute atomic E-state index is 13.7. The van der Waals surface area contributed by atoms with E-state index >= 15 is 0 Å². The molecule has 9 heteroatoms. The summed E-state index contributed by atoms with van der Waals surface area (Å²) in [6, 6.07) is 11.4. The molecule has 0 spiro atoms. The minimum absolute atomic E-state index is 0.0147. The van der Waals surface area contributed by atoms with Crippen molar-refractivity contribution >= 4 is 29.1 Å². The topological polar surface area (TPSA) is 91.7 Å². The molecule has 0 unspecified atom stereocenters. The van der Waals surface area contributed by atoms with Crippen LogP contribution in [0.1, 0.15) is 59.1 Å². The number of halogens is 1. The van der Waals surface area contributed by atoms with Crippen molar-refractivity contribution in [1.29, 1.82) is 0 Å². The number of thiophene rings is 1. The fraction of sp³-hybridized carbons (Fsp3) is 0.346. The third-order valence-electron chi connectivity index (χ3n) is 6.07. The van der Waals surface area contributed by atoms with E-state index in [1.807, 2.05) is 0 Å². The maximum atomic E-state index is 13.7. The first kappa shape index (κ1) is 24.7. The van der Waals surface area contributed by atoms with Gasteiger partial charge >= 0.3 is 0 Å². The molecule has 1 fully saturated rings. The summed E-state index contributed by atoms with van der Waals surface area (Å²) >= 11 is 1.27. The van der Waals surface area contributed by atoms with Gasteiger partial charge in [0.2, 0.25) is 11.8 Å². The van der Waals surface area contributed by atoms with Crippen molar-refractivity contribution in [3.8, 4) is 0 Å². The molecular weight excluding hydrogens is 469 g/mol. The zero-order valence-corrected chi connectivity index (χ0v) is 20.1. The fourth-order valence-electron chi connectivity index (χ4n) is 4.29. The molecule has 2 heterocycles. The van der Waals surface area contributed by atoms with Gasteiger partial charge in [-0.25, -0.2) is 4.39 Å². The number of nitrogens with one attached hydrogen (secondary N) is 2. The molecule has 1 aromatic carbocycles. The van der Waals surface area contributed by atoms with Gasteiger partial charge in [0, 0.05) is 6.04 Å². The first-order chi connectivity index (χ1) is 17.0. The first-order valence-corrected chi connectivity index (χ1v) is 12.6. The molecule has 1 aliphatic rings.